The molecular formula is C18H17F2N3O2S. The van der Waals surface area contributed by atoms with Gasteiger partial charge >= 0.3 is 0 Å². The lowest BCUT2D eigenvalue weighted by molar-refractivity contribution is -0.113. The average molecular weight is 377 g/mol. The zero-order valence-corrected chi connectivity index (χ0v) is 14.7. The molecular weight excluding hydrogens is 360 g/mol. The first-order chi connectivity index (χ1) is 12.5. The maximum Gasteiger partial charge on any atom is 0.255 e. The van der Waals surface area contributed by atoms with Crippen molar-refractivity contribution < 1.29 is 18.4 Å². The fourth-order valence-electron chi connectivity index (χ4n) is 2.61. The fourth-order valence-corrected chi connectivity index (χ4v) is 3.26. The first kappa shape index (κ1) is 18.3. The summed E-state index contributed by atoms with van der Waals surface area (Å²) in [6.45, 7) is 1.54. The van der Waals surface area contributed by atoms with Gasteiger partial charge in [0.2, 0.25) is 5.91 Å². The highest BCUT2D eigenvalue weighted by Gasteiger charge is 2.19. The second-order valence-electron chi connectivity index (χ2n) is 5.85. The van der Waals surface area contributed by atoms with E-state index < -0.39 is 17.5 Å². The molecule has 1 aromatic carbocycles. The van der Waals surface area contributed by atoms with Crippen LogP contribution in [0.25, 0.3) is 0 Å². The Labute approximate surface area is 153 Å². The molecule has 26 heavy (non-hydrogen) atoms. The molecule has 1 N–H and O–H groups in total. The highest BCUT2D eigenvalue weighted by molar-refractivity contribution is 7.99. The quantitative estimate of drug-likeness (QED) is 0.812. The van der Waals surface area contributed by atoms with Gasteiger partial charge in [-0.15, -0.1) is 0 Å². The largest absolute Gasteiger partial charge is 0.339 e. The Hall–Kier alpha value is -2.48. The number of hydrogen-bond donors (Lipinski definition) is 1. The Morgan fingerprint density at radius 3 is 2.62 bits per heavy atom. The van der Waals surface area contributed by atoms with Crippen LogP contribution in [0.15, 0.2) is 41.6 Å². The molecule has 2 heterocycles. The summed E-state index contributed by atoms with van der Waals surface area (Å²) in [5, 5.41) is 2.89. The van der Waals surface area contributed by atoms with Gasteiger partial charge in [-0.25, -0.2) is 13.8 Å². The molecule has 2 amide bonds. The number of likely N-dealkylation sites (tertiary alicyclic amines) is 1. The van der Waals surface area contributed by atoms with Gasteiger partial charge in [0.1, 0.15) is 11.6 Å². The molecule has 0 unspecified atom stereocenters. The predicted molar refractivity (Wildman–Crippen MR) is 95.1 cm³/mol. The summed E-state index contributed by atoms with van der Waals surface area (Å²) in [5.41, 5.74) is 0.317. The van der Waals surface area contributed by atoms with Crippen LogP contribution in [0.2, 0.25) is 0 Å². The molecule has 0 bridgehead atoms. The van der Waals surface area contributed by atoms with Gasteiger partial charge in [0, 0.05) is 25.4 Å². The normalized spacial score (nSPS) is 13.7. The van der Waals surface area contributed by atoms with E-state index in [0.717, 1.165) is 55.9 Å². The average Bonchev–Trinajstić information content (AvgIpc) is 3.17. The zero-order chi connectivity index (χ0) is 18.5. The van der Waals surface area contributed by atoms with Crippen LogP contribution in [0.1, 0.15) is 23.2 Å². The third-order valence-corrected chi connectivity index (χ3v) is 4.87. The number of benzene rings is 1. The van der Waals surface area contributed by atoms with E-state index >= 15 is 0 Å². The van der Waals surface area contributed by atoms with E-state index in [0.29, 0.717) is 10.6 Å². The summed E-state index contributed by atoms with van der Waals surface area (Å²) in [6.07, 6.45) is 3.54. The minimum Gasteiger partial charge on any atom is -0.339 e. The molecule has 3 rings (SSSR count). The second kappa shape index (κ2) is 8.27. The molecule has 8 heteroatoms. The first-order valence-electron chi connectivity index (χ1n) is 8.16. The van der Waals surface area contributed by atoms with E-state index in [9.17, 15) is 18.4 Å². The van der Waals surface area contributed by atoms with Gasteiger partial charge in [0.25, 0.3) is 5.91 Å². The number of pyridine rings is 1. The monoisotopic (exact) mass is 377 g/mol. The summed E-state index contributed by atoms with van der Waals surface area (Å²) in [5.74, 6) is -1.85. The summed E-state index contributed by atoms with van der Waals surface area (Å²) in [4.78, 5) is 30.1. The topological polar surface area (TPSA) is 62.3 Å². The molecule has 0 aliphatic carbocycles. The maximum atomic E-state index is 13.5. The number of amides is 2. The molecule has 1 aliphatic heterocycles. The second-order valence-corrected chi connectivity index (χ2v) is 6.84. The molecule has 0 radical (unpaired) electrons. The fraction of sp³-hybridized carbons (Fsp3) is 0.278. The maximum absolute atomic E-state index is 13.5. The molecule has 0 atom stereocenters. The number of rotatable bonds is 5. The number of nitrogens with one attached hydrogen (secondary N) is 1. The number of thioether (sulfide) groups is 1. The lowest BCUT2D eigenvalue weighted by atomic mass is 10.2. The number of anilines is 1. The molecule has 5 nitrogen and oxygen atoms in total. The Kier molecular flexibility index (Phi) is 5.82. The number of aromatic nitrogens is 1. The van der Waals surface area contributed by atoms with Gasteiger partial charge in [-0.1, -0.05) is 11.8 Å². The molecule has 136 valence electrons. The zero-order valence-electron chi connectivity index (χ0n) is 13.9. The van der Waals surface area contributed by atoms with Crippen LogP contribution >= 0.6 is 11.8 Å². The SMILES string of the molecule is O=C(CSc1ccc(C(=O)N2CCCC2)cn1)Nc1cc(F)ccc1F. The van der Waals surface area contributed by atoms with E-state index in [-0.39, 0.29) is 17.3 Å². The van der Waals surface area contributed by atoms with Crippen LogP contribution in [0.3, 0.4) is 0 Å². The van der Waals surface area contributed by atoms with Crippen molar-refractivity contribution in [1.29, 1.82) is 0 Å². The lowest BCUT2D eigenvalue weighted by Gasteiger charge is -2.14. The van der Waals surface area contributed by atoms with Gasteiger partial charge in [0.15, 0.2) is 0 Å². The number of hydrogen-bond acceptors (Lipinski definition) is 4. The summed E-state index contributed by atoms with van der Waals surface area (Å²) in [6, 6.07) is 6.21. The van der Waals surface area contributed by atoms with Crippen LogP contribution in [-0.4, -0.2) is 40.5 Å². The molecule has 0 spiro atoms. The van der Waals surface area contributed by atoms with Crippen molar-refractivity contribution in [3.05, 3.63) is 53.7 Å². The van der Waals surface area contributed by atoms with E-state index in [1.54, 1.807) is 17.0 Å². The van der Waals surface area contributed by atoms with Gasteiger partial charge in [0.05, 0.1) is 22.0 Å². The highest BCUT2D eigenvalue weighted by Crippen LogP contribution is 2.19. The van der Waals surface area contributed by atoms with Crippen LogP contribution in [-0.2, 0) is 4.79 Å². The van der Waals surface area contributed by atoms with Crippen molar-refractivity contribution in [3.63, 3.8) is 0 Å². The van der Waals surface area contributed by atoms with E-state index in [2.05, 4.69) is 10.3 Å². The van der Waals surface area contributed by atoms with Crippen LogP contribution < -0.4 is 5.32 Å². The predicted octanol–water partition coefficient (Wildman–Crippen LogP) is 3.33. The summed E-state index contributed by atoms with van der Waals surface area (Å²) < 4.78 is 26.6. The van der Waals surface area contributed by atoms with Crippen molar-refractivity contribution >= 4 is 29.3 Å². The third kappa shape index (κ3) is 4.57. The van der Waals surface area contributed by atoms with E-state index in [4.69, 9.17) is 0 Å². The van der Waals surface area contributed by atoms with Gasteiger partial charge in [-0.2, -0.15) is 0 Å². The standard InChI is InChI=1S/C18H17F2N3O2S/c19-13-4-5-14(20)15(9-13)22-16(24)11-26-17-6-3-12(10-21-17)18(25)23-7-1-2-8-23/h3-6,9-10H,1-2,7-8,11H2,(H,22,24). The van der Waals surface area contributed by atoms with Crippen molar-refractivity contribution in [2.24, 2.45) is 0 Å². The number of nitrogens with zero attached hydrogens (tertiary/aromatic N) is 2. The van der Waals surface area contributed by atoms with Crippen LogP contribution in [0.5, 0.6) is 0 Å². The number of halogens is 2. The minimum atomic E-state index is -0.701. The Bertz CT molecular complexity index is 809. The molecule has 1 saturated heterocycles. The minimum absolute atomic E-state index is 0.0115. The Balaban J connectivity index is 1.53. The number of carbonyl (C=O) groups excluding carboxylic acids is 2. The summed E-state index contributed by atoms with van der Waals surface area (Å²) in [7, 11) is 0. The van der Waals surface area contributed by atoms with Crippen LogP contribution in [0.4, 0.5) is 14.5 Å². The molecule has 2 aromatic rings. The Morgan fingerprint density at radius 2 is 1.92 bits per heavy atom. The van der Waals surface area contributed by atoms with Crippen molar-refractivity contribution in [2.45, 2.75) is 17.9 Å². The van der Waals surface area contributed by atoms with Crippen LogP contribution in [0, 0.1) is 11.6 Å². The van der Waals surface area contributed by atoms with Crippen molar-refractivity contribution in [2.75, 3.05) is 24.2 Å². The molecule has 1 aliphatic rings. The third-order valence-electron chi connectivity index (χ3n) is 3.93. The lowest BCUT2D eigenvalue weighted by Crippen LogP contribution is -2.27. The van der Waals surface area contributed by atoms with Crippen molar-refractivity contribution in [3.8, 4) is 0 Å². The van der Waals surface area contributed by atoms with Gasteiger partial charge in [-0.3, -0.25) is 9.59 Å². The number of carbonyl (C=O) groups is 2. The van der Waals surface area contributed by atoms with Gasteiger partial charge < -0.3 is 10.2 Å². The summed E-state index contributed by atoms with van der Waals surface area (Å²) >= 11 is 1.15. The van der Waals surface area contributed by atoms with E-state index in [1.807, 2.05) is 0 Å². The molecule has 1 aromatic heterocycles. The first-order valence-corrected chi connectivity index (χ1v) is 9.14. The molecule has 0 saturated carbocycles. The highest BCUT2D eigenvalue weighted by atomic mass is 32.2. The molecule has 1 fully saturated rings. The van der Waals surface area contributed by atoms with Crippen molar-refractivity contribution in [1.82, 2.24) is 9.88 Å². The Morgan fingerprint density at radius 1 is 1.15 bits per heavy atom. The van der Waals surface area contributed by atoms with E-state index in [1.165, 1.54) is 6.20 Å². The van der Waals surface area contributed by atoms with Gasteiger partial charge in [-0.05, 0) is 37.1 Å². The smallest absolute Gasteiger partial charge is 0.255 e.